The summed E-state index contributed by atoms with van der Waals surface area (Å²) in [6, 6.07) is 6.60. The number of rotatable bonds is 2. The monoisotopic (exact) mass is 234 g/mol. The first-order valence-corrected chi connectivity index (χ1v) is 5.80. The van der Waals surface area contributed by atoms with Crippen LogP contribution < -0.4 is 4.90 Å². The molecule has 0 bridgehead atoms. The van der Waals surface area contributed by atoms with E-state index in [4.69, 9.17) is 5.26 Å². The van der Waals surface area contributed by atoms with Gasteiger partial charge in [0.2, 0.25) is 0 Å². The van der Waals surface area contributed by atoms with Gasteiger partial charge in [-0.1, -0.05) is 6.07 Å². The van der Waals surface area contributed by atoms with Crippen LogP contribution in [0.25, 0.3) is 0 Å². The number of piperidine rings is 1. The highest BCUT2D eigenvalue weighted by Crippen LogP contribution is 2.27. The van der Waals surface area contributed by atoms with Crippen LogP contribution in [0.2, 0.25) is 0 Å². The van der Waals surface area contributed by atoms with E-state index in [1.54, 1.807) is 12.1 Å². The normalized spacial score (nSPS) is 20.1. The first-order valence-electron chi connectivity index (χ1n) is 5.80. The molecule has 0 saturated carbocycles. The summed E-state index contributed by atoms with van der Waals surface area (Å²) in [5, 5.41) is 18.2. The molecule has 4 heteroatoms. The van der Waals surface area contributed by atoms with Crippen molar-refractivity contribution >= 4 is 5.69 Å². The third-order valence-electron chi connectivity index (χ3n) is 3.22. The molecule has 1 atom stereocenters. The molecule has 1 unspecified atom stereocenters. The predicted molar refractivity (Wildman–Crippen MR) is 63.1 cm³/mol. The summed E-state index contributed by atoms with van der Waals surface area (Å²) in [6.07, 6.45) is 1.96. The lowest BCUT2D eigenvalue weighted by molar-refractivity contribution is 0.208. The minimum absolute atomic E-state index is 0.103. The van der Waals surface area contributed by atoms with Gasteiger partial charge in [0.15, 0.2) is 0 Å². The molecule has 0 aliphatic carbocycles. The molecular weight excluding hydrogens is 219 g/mol. The van der Waals surface area contributed by atoms with Crippen LogP contribution in [0.5, 0.6) is 0 Å². The Labute approximate surface area is 100 Å². The third kappa shape index (κ3) is 2.40. The first kappa shape index (κ1) is 11.9. The summed E-state index contributed by atoms with van der Waals surface area (Å²) < 4.78 is 13.5. The lowest BCUT2D eigenvalue weighted by Gasteiger charge is -2.34. The molecule has 3 nitrogen and oxygen atoms in total. The topological polar surface area (TPSA) is 47.3 Å². The highest BCUT2D eigenvalue weighted by Gasteiger charge is 2.22. The van der Waals surface area contributed by atoms with Crippen molar-refractivity contribution in [2.75, 3.05) is 24.6 Å². The van der Waals surface area contributed by atoms with Crippen molar-refractivity contribution in [3.05, 3.63) is 29.6 Å². The molecule has 90 valence electrons. The predicted octanol–water partition coefficient (Wildman–Crippen LogP) is 1.91. The standard InChI is InChI=1S/C13H15FN2O/c14-12-4-1-5-13(11(12)7-15)16-6-2-3-10(8-16)9-17/h1,4-5,10,17H,2-3,6,8-9H2. The summed E-state index contributed by atoms with van der Waals surface area (Å²) in [5.41, 5.74) is 0.747. The second kappa shape index (κ2) is 5.15. The van der Waals surface area contributed by atoms with Gasteiger partial charge in [0.25, 0.3) is 0 Å². The van der Waals surface area contributed by atoms with Crippen molar-refractivity contribution in [2.24, 2.45) is 5.92 Å². The molecule has 0 radical (unpaired) electrons. The van der Waals surface area contributed by atoms with E-state index in [0.717, 1.165) is 19.4 Å². The highest BCUT2D eigenvalue weighted by molar-refractivity contribution is 5.60. The quantitative estimate of drug-likeness (QED) is 0.850. The molecule has 1 N–H and O–H groups in total. The van der Waals surface area contributed by atoms with E-state index in [9.17, 15) is 9.50 Å². The summed E-state index contributed by atoms with van der Waals surface area (Å²) >= 11 is 0. The Morgan fingerprint density at radius 2 is 2.35 bits per heavy atom. The summed E-state index contributed by atoms with van der Waals surface area (Å²) in [7, 11) is 0. The zero-order valence-corrected chi connectivity index (χ0v) is 9.56. The molecule has 1 heterocycles. The molecule has 1 aliphatic rings. The third-order valence-corrected chi connectivity index (χ3v) is 3.22. The van der Waals surface area contributed by atoms with Gasteiger partial charge < -0.3 is 10.0 Å². The number of nitrogens with zero attached hydrogens (tertiary/aromatic N) is 2. The van der Waals surface area contributed by atoms with Crippen LogP contribution in [-0.4, -0.2) is 24.8 Å². The van der Waals surface area contributed by atoms with Gasteiger partial charge in [-0.25, -0.2) is 4.39 Å². The van der Waals surface area contributed by atoms with E-state index in [1.165, 1.54) is 6.07 Å². The largest absolute Gasteiger partial charge is 0.396 e. The van der Waals surface area contributed by atoms with Crippen LogP contribution in [0, 0.1) is 23.1 Å². The molecule has 1 aromatic rings. The van der Waals surface area contributed by atoms with Crippen LogP contribution in [0.1, 0.15) is 18.4 Å². The van der Waals surface area contributed by atoms with Crippen molar-refractivity contribution in [3.63, 3.8) is 0 Å². The van der Waals surface area contributed by atoms with Gasteiger partial charge in [0.05, 0.1) is 5.69 Å². The van der Waals surface area contributed by atoms with Crippen LogP contribution in [0.4, 0.5) is 10.1 Å². The van der Waals surface area contributed by atoms with Gasteiger partial charge in [-0.2, -0.15) is 5.26 Å². The SMILES string of the molecule is N#Cc1c(F)cccc1N1CCCC(CO)C1. The van der Waals surface area contributed by atoms with Crippen LogP contribution in [0.3, 0.4) is 0 Å². The smallest absolute Gasteiger partial charge is 0.143 e. The minimum atomic E-state index is -0.476. The molecule has 1 aliphatic heterocycles. The summed E-state index contributed by atoms with van der Waals surface area (Å²) in [6.45, 7) is 1.65. The molecule has 0 amide bonds. The average Bonchev–Trinajstić information content (AvgIpc) is 2.38. The summed E-state index contributed by atoms with van der Waals surface area (Å²) in [4.78, 5) is 1.99. The van der Waals surface area contributed by atoms with Crippen molar-refractivity contribution in [2.45, 2.75) is 12.8 Å². The molecule has 1 aromatic carbocycles. The second-order valence-electron chi connectivity index (χ2n) is 4.38. The number of benzene rings is 1. The molecule has 2 rings (SSSR count). The molecule has 0 aromatic heterocycles. The lowest BCUT2D eigenvalue weighted by atomic mass is 9.98. The fraction of sp³-hybridized carbons (Fsp3) is 0.462. The Balaban J connectivity index is 2.28. The Bertz CT molecular complexity index is 442. The van der Waals surface area contributed by atoms with Crippen LogP contribution in [0.15, 0.2) is 18.2 Å². The van der Waals surface area contributed by atoms with E-state index in [0.29, 0.717) is 12.2 Å². The van der Waals surface area contributed by atoms with E-state index in [1.807, 2.05) is 11.0 Å². The number of nitriles is 1. The fourth-order valence-electron chi connectivity index (χ4n) is 2.32. The number of hydrogen-bond donors (Lipinski definition) is 1. The second-order valence-corrected chi connectivity index (χ2v) is 4.38. The first-order chi connectivity index (χ1) is 8.26. The van der Waals surface area contributed by atoms with Crippen LogP contribution >= 0.6 is 0 Å². The van der Waals surface area contributed by atoms with E-state index < -0.39 is 5.82 Å². The lowest BCUT2D eigenvalue weighted by Crippen LogP contribution is -2.37. The fourth-order valence-corrected chi connectivity index (χ4v) is 2.32. The van der Waals surface area contributed by atoms with Crippen LogP contribution in [-0.2, 0) is 0 Å². The molecule has 1 fully saturated rings. The van der Waals surface area contributed by atoms with Crippen molar-refractivity contribution in [1.29, 1.82) is 5.26 Å². The van der Waals surface area contributed by atoms with Crippen molar-refractivity contribution in [1.82, 2.24) is 0 Å². The number of hydrogen-bond acceptors (Lipinski definition) is 3. The maximum absolute atomic E-state index is 13.5. The molecular formula is C13H15FN2O. The number of anilines is 1. The van der Waals surface area contributed by atoms with E-state index in [2.05, 4.69) is 0 Å². The van der Waals surface area contributed by atoms with E-state index >= 15 is 0 Å². The zero-order valence-electron chi connectivity index (χ0n) is 9.56. The zero-order chi connectivity index (χ0) is 12.3. The maximum atomic E-state index is 13.5. The van der Waals surface area contributed by atoms with Crippen molar-refractivity contribution in [3.8, 4) is 6.07 Å². The Morgan fingerprint density at radius 3 is 3.06 bits per heavy atom. The maximum Gasteiger partial charge on any atom is 0.143 e. The molecule has 1 saturated heterocycles. The Morgan fingerprint density at radius 1 is 1.53 bits per heavy atom. The van der Waals surface area contributed by atoms with Gasteiger partial charge in [-0.05, 0) is 30.9 Å². The minimum Gasteiger partial charge on any atom is -0.396 e. The molecule has 0 spiro atoms. The van der Waals surface area contributed by atoms with Gasteiger partial charge in [-0.3, -0.25) is 0 Å². The number of aliphatic hydroxyl groups is 1. The average molecular weight is 234 g/mol. The highest BCUT2D eigenvalue weighted by atomic mass is 19.1. The summed E-state index contributed by atoms with van der Waals surface area (Å²) in [5.74, 6) is -0.255. The van der Waals surface area contributed by atoms with Crippen molar-refractivity contribution < 1.29 is 9.50 Å². The van der Waals surface area contributed by atoms with Gasteiger partial charge >= 0.3 is 0 Å². The number of aliphatic hydroxyl groups excluding tert-OH is 1. The van der Waals surface area contributed by atoms with Gasteiger partial charge in [0.1, 0.15) is 17.4 Å². The molecule has 17 heavy (non-hydrogen) atoms. The Hall–Kier alpha value is -1.60. The van der Waals surface area contributed by atoms with E-state index in [-0.39, 0.29) is 18.1 Å². The van der Waals surface area contributed by atoms with Gasteiger partial charge in [0, 0.05) is 19.7 Å². The Kier molecular flexibility index (Phi) is 3.60. The number of halogens is 1. The van der Waals surface area contributed by atoms with Gasteiger partial charge in [-0.15, -0.1) is 0 Å².